The van der Waals surface area contributed by atoms with Crippen molar-refractivity contribution in [1.82, 2.24) is 15.1 Å². The van der Waals surface area contributed by atoms with E-state index in [0.29, 0.717) is 19.4 Å². The summed E-state index contributed by atoms with van der Waals surface area (Å²) in [4.78, 5) is 23.3. The zero-order valence-corrected chi connectivity index (χ0v) is 15.7. The van der Waals surface area contributed by atoms with E-state index < -0.39 is 0 Å². The summed E-state index contributed by atoms with van der Waals surface area (Å²) in [6.45, 7) is 4.54. The van der Waals surface area contributed by atoms with Crippen molar-refractivity contribution in [3.8, 4) is 5.69 Å². The summed E-state index contributed by atoms with van der Waals surface area (Å²) < 4.78 is 6.48. The Labute approximate surface area is 154 Å². The van der Waals surface area contributed by atoms with E-state index in [4.69, 9.17) is 0 Å². The van der Waals surface area contributed by atoms with E-state index >= 15 is 0 Å². The Morgan fingerprint density at radius 1 is 1.12 bits per heavy atom. The second kappa shape index (κ2) is 9.75. The van der Waals surface area contributed by atoms with Crippen molar-refractivity contribution >= 4 is 11.9 Å². The maximum Gasteiger partial charge on any atom is 0.305 e. The Morgan fingerprint density at radius 3 is 2.54 bits per heavy atom. The Balaban J connectivity index is 1.82. The van der Waals surface area contributed by atoms with Crippen molar-refractivity contribution in [3.63, 3.8) is 0 Å². The summed E-state index contributed by atoms with van der Waals surface area (Å²) in [6.07, 6.45) is 3.28. The highest BCUT2D eigenvalue weighted by atomic mass is 16.5. The summed E-state index contributed by atoms with van der Waals surface area (Å²) in [5.74, 6) is -0.188. The van der Waals surface area contributed by atoms with Crippen molar-refractivity contribution < 1.29 is 14.3 Å². The minimum atomic E-state index is -0.185. The van der Waals surface area contributed by atoms with Crippen LogP contribution in [0.3, 0.4) is 0 Å². The number of carbonyl (C=O) groups is 2. The molecule has 0 unspecified atom stereocenters. The molecule has 0 aliphatic heterocycles. The fraction of sp³-hybridized carbons (Fsp3) is 0.450. The summed E-state index contributed by atoms with van der Waals surface area (Å²) in [5.41, 5.74) is 3.82. The zero-order valence-electron chi connectivity index (χ0n) is 15.7. The van der Waals surface area contributed by atoms with Crippen LogP contribution in [-0.4, -0.2) is 35.3 Å². The third-order valence-corrected chi connectivity index (χ3v) is 4.39. The van der Waals surface area contributed by atoms with Crippen molar-refractivity contribution in [2.24, 2.45) is 0 Å². The van der Waals surface area contributed by atoms with Crippen LogP contribution in [0.4, 0.5) is 0 Å². The second-order valence-corrected chi connectivity index (χ2v) is 6.31. The number of amides is 1. The number of aromatic nitrogens is 2. The molecule has 0 radical (unpaired) electrons. The van der Waals surface area contributed by atoms with Crippen molar-refractivity contribution in [1.29, 1.82) is 0 Å². The molecule has 0 spiro atoms. The van der Waals surface area contributed by atoms with Gasteiger partial charge in [0.1, 0.15) is 0 Å². The lowest BCUT2D eigenvalue weighted by Gasteiger charge is -2.07. The Morgan fingerprint density at radius 2 is 1.85 bits per heavy atom. The third kappa shape index (κ3) is 5.44. The topological polar surface area (TPSA) is 73.2 Å². The molecule has 0 aliphatic carbocycles. The highest BCUT2D eigenvalue weighted by Crippen LogP contribution is 2.18. The van der Waals surface area contributed by atoms with Crippen LogP contribution in [0.2, 0.25) is 0 Å². The number of methoxy groups -OCH3 is 1. The molecule has 0 aliphatic rings. The van der Waals surface area contributed by atoms with E-state index in [2.05, 4.69) is 15.2 Å². The summed E-state index contributed by atoms with van der Waals surface area (Å²) in [6, 6.07) is 9.90. The van der Waals surface area contributed by atoms with Crippen molar-refractivity contribution in [3.05, 3.63) is 47.3 Å². The molecular formula is C20H27N3O3. The van der Waals surface area contributed by atoms with Crippen molar-refractivity contribution in [2.45, 2.75) is 46.0 Å². The summed E-state index contributed by atoms with van der Waals surface area (Å²) >= 11 is 0. The normalized spacial score (nSPS) is 10.6. The van der Waals surface area contributed by atoms with Gasteiger partial charge < -0.3 is 10.1 Å². The number of para-hydroxylation sites is 1. The predicted molar refractivity (Wildman–Crippen MR) is 100 cm³/mol. The van der Waals surface area contributed by atoms with Crippen LogP contribution in [0.25, 0.3) is 5.69 Å². The molecule has 1 amide bonds. The van der Waals surface area contributed by atoms with Gasteiger partial charge in [0, 0.05) is 24.2 Å². The van der Waals surface area contributed by atoms with Gasteiger partial charge in [-0.2, -0.15) is 5.10 Å². The van der Waals surface area contributed by atoms with Gasteiger partial charge in [0.05, 0.1) is 24.9 Å². The lowest BCUT2D eigenvalue weighted by Crippen LogP contribution is -2.26. The smallest absolute Gasteiger partial charge is 0.305 e. The molecule has 26 heavy (non-hydrogen) atoms. The molecule has 1 heterocycles. The molecular weight excluding hydrogens is 330 g/mol. The highest BCUT2D eigenvalue weighted by Gasteiger charge is 2.15. The van der Waals surface area contributed by atoms with Crippen LogP contribution < -0.4 is 5.32 Å². The fourth-order valence-electron chi connectivity index (χ4n) is 2.88. The van der Waals surface area contributed by atoms with E-state index in [1.807, 2.05) is 48.9 Å². The first-order chi connectivity index (χ1) is 12.5. The molecule has 1 aromatic heterocycles. The van der Waals surface area contributed by atoms with Crippen LogP contribution in [0, 0.1) is 13.8 Å². The minimum Gasteiger partial charge on any atom is -0.469 e. The fourth-order valence-corrected chi connectivity index (χ4v) is 2.88. The van der Waals surface area contributed by atoms with E-state index in [9.17, 15) is 9.59 Å². The maximum atomic E-state index is 12.2. The van der Waals surface area contributed by atoms with Crippen LogP contribution >= 0.6 is 0 Å². The van der Waals surface area contributed by atoms with Crippen LogP contribution in [0.15, 0.2) is 30.3 Å². The van der Waals surface area contributed by atoms with Gasteiger partial charge in [-0.1, -0.05) is 24.6 Å². The molecule has 1 aromatic carbocycles. The molecule has 2 rings (SSSR count). The number of unbranched alkanes of at least 4 members (excludes halogenated alkanes) is 2. The number of ether oxygens (including phenoxy) is 1. The lowest BCUT2D eigenvalue weighted by atomic mass is 10.1. The van der Waals surface area contributed by atoms with E-state index in [-0.39, 0.29) is 11.9 Å². The first kappa shape index (κ1) is 19.7. The monoisotopic (exact) mass is 357 g/mol. The Kier molecular flexibility index (Phi) is 7.38. The minimum absolute atomic E-state index is 0.00298. The number of hydrogen-bond donors (Lipinski definition) is 1. The highest BCUT2D eigenvalue weighted by molar-refractivity contribution is 5.79. The van der Waals surface area contributed by atoms with E-state index in [0.717, 1.165) is 41.9 Å². The van der Waals surface area contributed by atoms with Gasteiger partial charge in [0.25, 0.3) is 0 Å². The number of aryl methyl sites for hydroxylation is 1. The largest absolute Gasteiger partial charge is 0.469 e. The Bertz CT molecular complexity index is 738. The molecule has 140 valence electrons. The van der Waals surface area contributed by atoms with Gasteiger partial charge in [0.15, 0.2) is 0 Å². The van der Waals surface area contributed by atoms with Gasteiger partial charge >= 0.3 is 5.97 Å². The van der Waals surface area contributed by atoms with E-state index in [1.165, 1.54) is 7.11 Å². The Hall–Kier alpha value is -2.63. The lowest BCUT2D eigenvalue weighted by molar-refractivity contribution is -0.140. The van der Waals surface area contributed by atoms with Crippen LogP contribution in [0.1, 0.15) is 42.6 Å². The third-order valence-electron chi connectivity index (χ3n) is 4.39. The average molecular weight is 357 g/mol. The van der Waals surface area contributed by atoms with Gasteiger partial charge in [-0.15, -0.1) is 0 Å². The predicted octanol–water partition coefficient (Wildman–Crippen LogP) is 2.88. The number of rotatable bonds is 9. The van der Waals surface area contributed by atoms with Crippen LogP contribution in [0.5, 0.6) is 0 Å². The molecule has 6 nitrogen and oxygen atoms in total. The molecule has 0 bridgehead atoms. The van der Waals surface area contributed by atoms with Gasteiger partial charge in [0.2, 0.25) is 5.91 Å². The van der Waals surface area contributed by atoms with Gasteiger partial charge in [-0.05, 0) is 38.8 Å². The molecule has 0 saturated carbocycles. The molecule has 6 heteroatoms. The number of benzene rings is 1. The molecule has 0 fully saturated rings. The summed E-state index contributed by atoms with van der Waals surface area (Å²) in [7, 11) is 1.40. The van der Waals surface area contributed by atoms with Gasteiger partial charge in [-0.25, -0.2) is 4.68 Å². The number of hydrogen-bond acceptors (Lipinski definition) is 4. The molecule has 1 N–H and O–H groups in total. The van der Waals surface area contributed by atoms with Gasteiger partial charge in [-0.3, -0.25) is 9.59 Å². The molecule has 2 aromatic rings. The number of nitrogens with one attached hydrogen (secondary N) is 1. The zero-order chi connectivity index (χ0) is 18.9. The second-order valence-electron chi connectivity index (χ2n) is 6.31. The van der Waals surface area contributed by atoms with Crippen molar-refractivity contribution in [2.75, 3.05) is 13.7 Å². The first-order valence-electron chi connectivity index (χ1n) is 8.97. The maximum absolute atomic E-state index is 12.2. The van der Waals surface area contributed by atoms with Crippen LogP contribution in [-0.2, 0) is 20.7 Å². The quantitative estimate of drug-likeness (QED) is 0.553. The number of carbonyl (C=O) groups excluding carboxylic acids is 2. The van der Waals surface area contributed by atoms with E-state index in [1.54, 1.807) is 0 Å². The standard InChI is InChI=1S/C20H27N3O3/c1-15-18(16(2)23(22-15)17-10-6-4-7-11-17)14-19(24)21-13-9-5-8-12-20(25)26-3/h4,6-7,10-11H,5,8-9,12-14H2,1-3H3,(H,21,24). The average Bonchev–Trinajstić information content (AvgIpc) is 2.93. The molecule has 0 atom stereocenters. The number of esters is 1. The first-order valence-corrected chi connectivity index (χ1v) is 8.97. The summed E-state index contributed by atoms with van der Waals surface area (Å²) in [5, 5.41) is 7.52. The number of nitrogens with zero attached hydrogens (tertiary/aromatic N) is 2. The SMILES string of the molecule is COC(=O)CCCCCNC(=O)Cc1c(C)nn(-c2ccccc2)c1C. The molecule has 0 saturated heterocycles.